The first-order chi connectivity index (χ1) is 13.3. The molecule has 0 saturated carbocycles. The maximum Gasteiger partial charge on any atom is 0.279 e. The topological polar surface area (TPSA) is 95.6 Å². The Bertz CT molecular complexity index is 973. The SMILES string of the molecule is CN(C)S(=O)(=O)c1cccc(C(=O)NNC(=O)c2cc3c(s2)CCCCC3)c1. The molecule has 0 bridgehead atoms. The van der Waals surface area contributed by atoms with Gasteiger partial charge in [-0.2, -0.15) is 0 Å². The number of sulfonamides is 1. The molecular formula is C19H23N3O4S2. The van der Waals surface area contributed by atoms with Crippen molar-refractivity contribution in [3.63, 3.8) is 0 Å². The van der Waals surface area contributed by atoms with Gasteiger partial charge in [0.25, 0.3) is 11.8 Å². The summed E-state index contributed by atoms with van der Waals surface area (Å²) in [5.41, 5.74) is 6.14. The van der Waals surface area contributed by atoms with E-state index >= 15 is 0 Å². The van der Waals surface area contributed by atoms with Crippen LogP contribution in [-0.4, -0.2) is 38.6 Å². The van der Waals surface area contributed by atoms with Crippen molar-refractivity contribution in [1.82, 2.24) is 15.2 Å². The Labute approximate surface area is 168 Å². The normalized spacial score (nSPS) is 14.2. The zero-order valence-corrected chi connectivity index (χ0v) is 17.5. The number of carbonyl (C=O) groups excluding carboxylic acids is 2. The molecule has 1 aromatic carbocycles. The van der Waals surface area contributed by atoms with Gasteiger partial charge >= 0.3 is 0 Å². The quantitative estimate of drug-likeness (QED) is 0.585. The number of hydrazine groups is 1. The van der Waals surface area contributed by atoms with E-state index in [1.165, 1.54) is 66.6 Å². The number of amides is 2. The lowest BCUT2D eigenvalue weighted by Crippen LogP contribution is -2.41. The van der Waals surface area contributed by atoms with Crippen LogP contribution in [0.5, 0.6) is 0 Å². The highest BCUT2D eigenvalue weighted by Gasteiger charge is 2.20. The van der Waals surface area contributed by atoms with E-state index in [1.54, 1.807) is 0 Å². The van der Waals surface area contributed by atoms with E-state index in [-0.39, 0.29) is 16.4 Å². The van der Waals surface area contributed by atoms with Crippen molar-refractivity contribution in [2.24, 2.45) is 0 Å². The van der Waals surface area contributed by atoms with E-state index in [1.807, 2.05) is 6.07 Å². The molecule has 150 valence electrons. The van der Waals surface area contributed by atoms with Crippen molar-refractivity contribution >= 4 is 33.2 Å². The summed E-state index contributed by atoms with van der Waals surface area (Å²) in [6.07, 6.45) is 5.46. The van der Waals surface area contributed by atoms with E-state index in [0.29, 0.717) is 4.88 Å². The molecule has 1 aromatic heterocycles. The smallest absolute Gasteiger partial charge is 0.267 e. The Morgan fingerprint density at radius 3 is 2.46 bits per heavy atom. The number of nitrogens with one attached hydrogen (secondary N) is 2. The van der Waals surface area contributed by atoms with Gasteiger partial charge in [0.1, 0.15) is 0 Å². The molecule has 0 spiro atoms. The largest absolute Gasteiger partial charge is 0.279 e. The second kappa shape index (κ2) is 8.42. The van der Waals surface area contributed by atoms with Gasteiger partial charge in [0.05, 0.1) is 9.77 Å². The van der Waals surface area contributed by atoms with E-state index in [9.17, 15) is 18.0 Å². The minimum absolute atomic E-state index is 0.0125. The summed E-state index contributed by atoms with van der Waals surface area (Å²) in [7, 11) is -0.801. The predicted octanol–water partition coefficient (Wildman–Crippen LogP) is 2.34. The molecule has 2 N–H and O–H groups in total. The molecule has 28 heavy (non-hydrogen) atoms. The van der Waals surface area contributed by atoms with Gasteiger partial charge in [-0.15, -0.1) is 11.3 Å². The van der Waals surface area contributed by atoms with E-state index in [2.05, 4.69) is 10.9 Å². The van der Waals surface area contributed by atoms with Gasteiger partial charge in [-0.25, -0.2) is 12.7 Å². The molecular weight excluding hydrogens is 398 g/mol. The molecule has 2 amide bonds. The molecule has 0 saturated heterocycles. The van der Waals surface area contributed by atoms with Gasteiger partial charge in [0, 0.05) is 24.5 Å². The summed E-state index contributed by atoms with van der Waals surface area (Å²) < 4.78 is 25.5. The molecule has 2 aromatic rings. The maximum absolute atomic E-state index is 12.4. The summed E-state index contributed by atoms with van der Waals surface area (Å²) in [4.78, 5) is 26.5. The van der Waals surface area contributed by atoms with Crippen LogP contribution in [0.2, 0.25) is 0 Å². The zero-order chi connectivity index (χ0) is 20.3. The molecule has 0 aliphatic heterocycles. The number of hydrogen-bond donors (Lipinski definition) is 2. The molecule has 1 heterocycles. The van der Waals surface area contributed by atoms with Crippen LogP contribution in [0.25, 0.3) is 0 Å². The van der Waals surface area contributed by atoms with Crippen molar-refractivity contribution in [2.45, 2.75) is 37.0 Å². The van der Waals surface area contributed by atoms with Crippen LogP contribution in [0, 0.1) is 0 Å². The van der Waals surface area contributed by atoms with Gasteiger partial charge in [0.2, 0.25) is 10.0 Å². The summed E-state index contributed by atoms with van der Waals surface area (Å²) in [5.74, 6) is -0.953. The van der Waals surface area contributed by atoms with E-state index in [4.69, 9.17) is 0 Å². The molecule has 1 aliphatic rings. The molecule has 0 fully saturated rings. The average molecular weight is 422 g/mol. The number of rotatable bonds is 4. The third-order valence-corrected chi connectivity index (χ3v) is 7.68. The van der Waals surface area contributed by atoms with Gasteiger partial charge in [-0.3, -0.25) is 20.4 Å². The average Bonchev–Trinajstić information content (AvgIpc) is 2.96. The van der Waals surface area contributed by atoms with Crippen molar-refractivity contribution in [2.75, 3.05) is 14.1 Å². The summed E-state index contributed by atoms with van der Waals surface area (Å²) >= 11 is 1.47. The Balaban J connectivity index is 1.67. The Hall–Kier alpha value is -2.23. The summed E-state index contributed by atoms with van der Waals surface area (Å²) in [6, 6.07) is 7.58. The first-order valence-corrected chi connectivity index (χ1v) is 11.3. The molecule has 0 atom stereocenters. The van der Waals surface area contributed by atoms with E-state index < -0.39 is 15.9 Å². The molecule has 9 heteroatoms. The molecule has 3 rings (SSSR count). The second-order valence-electron chi connectivity index (χ2n) is 6.84. The van der Waals surface area contributed by atoms with Gasteiger partial charge in [-0.05, 0) is 55.5 Å². The molecule has 0 unspecified atom stereocenters. The number of aryl methyl sites for hydroxylation is 2. The zero-order valence-electron chi connectivity index (χ0n) is 15.8. The molecule has 1 aliphatic carbocycles. The van der Waals surface area contributed by atoms with Gasteiger partial charge in [0.15, 0.2) is 0 Å². The highest BCUT2D eigenvalue weighted by atomic mass is 32.2. The van der Waals surface area contributed by atoms with Crippen molar-refractivity contribution in [3.05, 3.63) is 51.2 Å². The Morgan fingerprint density at radius 1 is 1.00 bits per heavy atom. The van der Waals surface area contributed by atoms with Crippen molar-refractivity contribution in [3.8, 4) is 0 Å². The number of benzene rings is 1. The van der Waals surface area contributed by atoms with Crippen LogP contribution in [0.1, 0.15) is 49.7 Å². The fourth-order valence-corrected chi connectivity index (χ4v) is 5.13. The van der Waals surface area contributed by atoms with Gasteiger partial charge in [-0.1, -0.05) is 12.5 Å². The standard InChI is InChI=1S/C19H23N3O4S2/c1-22(2)28(25,26)15-9-6-8-14(11-15)18(23)20-21-19(24)17-12-13-7-4-3-5-10-16(13)27-17/h6,8-9,11-12H,3-5,7,10H2,1-2H3,(H,20,23)(H,21,24). The fourth-order valence-electron chi connectivity index (χ4n) is 3.04. The lowest BCUT2D eigenvalue weighted by molar-refractivity contribution is 0.0848. The predicted molar refractivity (Wildman–Crippen MR) is 108 cm³/mol. The lowest BCUT2D eigenvalue weighted by atomic mass is 10.1. The fraction of sp³-hybridized carbons (Fsp3) is 0.368. The number of carbonyl (C=O) groups is 2. The highest BCUT2D eigenvalue weighted by Crippen LogP contribution is 2.28. The number of fused-ring (bicyclic) bond motifs is 1. The van der Waals surface area contributed by atoms with Crippen LogP contribution in [0.3, 0.4) is 0 Å². The van der Waals surface area contributed by atoms with Gasteiger partial charge < -0.3 is 0 Å². The van der Waals surface area contributed by atoms with Crippen LogP contribution in [0.15, 0.2) is 35.2 Å². The second-order valence-corrected chi connectivity index (χ2v) is 10.1. The third-order valence-electron chi connectivity index (χ3n) is 4.63. The first-order valence-electron chi connectivity index (χ1n) is 9.04. The minimum atomic E-state index is -3.64. The van der Waals surface area contributed by atoms with Crippen LogP contribution in [0.4, 0.5) is 0 Å². The monoisotopic (exact) mass is 421 g/mol. The maximum atomic E-state index is 12.4. The molecule has 0 radical (unpaired) electrons. The van der Waals surface area contributed by atoms with Crippen LogP contribution in [-0.2, 0) is 22.9 Å². The van der Waals surface area contributed by atoms with Crippen molar-refractivity contribution < 1.29 is 18.0 Å². The molecule has 7 nitrogen and oxygen atoms in total. The number of nitrogens with zero attached hydrogens (tertiary/aromatic N) is 1. The Morgan fingerprint density at radius 2 is 1.71 bits per heavy atom. The Kier molecular flexibility index (Phi) is 6.17. The third kappa shape index (κ3) is 4.43. The van der Waals surface area contributed by atoms with Crippen molar-refractivity contribution in [1.29, 1.82) is 0 Å². The first kappa shape index (κ1) is 20.5. The summed E-state index contributed by atoms with van der Waals surface area (Å²) in [5, 5.41) is 0. The van der Waals surface area contributed by atoms with E-state index in [0.717, 1.165) is 30.0 Å². The summed E-state index contributed by atoms with van der Waals surface area (Å²) in [6.45, 7) is 0. The highest BCUT2D eigenvalue weighted by molar-refractivity contribution is 7.89. The lowest BCUT2D eigenvalue weighted by Gasteiger charge is -2.12. The van der Waals surface area contributed by atoms with Crippen LogP contribution < -0.4 is 10.9 Å². The number of thiophene rings is 1. The minimum Gasteiger partial charge on any atom is -0.267 e. The number of hydrogen-bond acceptors (Lipinski definition) is 5. The van der Waals surface area contributed by atoms with Crippen LogP contribution >= 0.6 is 11.3 Å².